The van der Waals surface area contributed by atoms with Gasteiger partial charge in [0.15, 0.2) is 5.65 Å². The van der Waals surface area contributed by atoms with Crippen LogP contribution in [0.2, 0.25) is 0 Å². The van der Waals surface area contributed by atoms with E-state index in [9.17, 15) is 4.79 Å². The Kier molecular flexibility index (Phi) is 5.02. The Morgan fingerprint density at radius 1 is 1.00 bits per heavy atom. The van der Waals surface area contributed by atoms with Crippen LogP contribution in [0.15, 0.2) is 72.0 Å². The number of amides is 1. The van der Waals surface area contributed by atoms with E-state index in [1.54, 1.807) is 12.4 Å². The standard InChI is InChI=1S/C25H21N7O/c1-15-11-16(2)13-18(12-15)29-25(33)21-22-24(31-20-9-4-3-8-19(20)30-22)32(23(21)26)28-14-17-7-5-6-10-27-17/h3-14H,26H2,1-2H3,(H,29,33)/b28-14+. The number of hydrogen-bond donors (Lipinski definition) is 2. The third-order valence-electron chi connectivity index (χ3n) is 5.17. The van der Waals surface area contributed by atoms with Crippen LogP contribution in [0.1, 0.15) is 27.2 Å². The summed E-state index contributed by atoms with van der Waals surface area (Å²) in [5, 5.41) is 7.41. The number of hydrogen-bond acceptors (Lipinski definition) is 6. The molecule has 1 amide bonds. The molecule has 0 saturated carbocycles. The maximum atomic E-state index is 13.4. The minimum absolute atomic E-state index is 0.148. The topological polar surface area (TPSA) is 111 Å². The van der Waals surface area contributed by atoms with Gasteiger partial charge in [-0.1, -0.05) is 24.3 Å². The molecule has 8 heteroatoms. The summed E-state index contributed by atoms with van der Waals surface area (Å²) < 4.78 is 1.43. The molecule has 162 valence electrons. The molecule has 0 aliphatic heterocycles. The Hall–Kier alpha value is -4.59. The summed E-state index contributed by atoms with van der Waals surface area (Å²) in [5.41, 5.74) is 12.2. The molecule has 0 radical (unpaired) electrons. The van der Waals surface area contributed by atoms with Crippen molar-refractivity contribution in [3.8, 4) is 0 Å². The fourth-order valence-electron chi connectivity index (χ4n) is 3.80. The lowest BCUT2D eigenvalue weighted by molar-refractivity contribution is 0.102. The van der Waals surface area contributed by atoms with Gasteiger partial charge in [-0.2, -0.15) is 9.78 Å². The highest BCUT2D eigenvalue weighted by molar-refractivity contribution is 6.16. The number of para-hydroxylation sites is 2. The van der Waals surface area contributed by atoms with Crippen molar-refractivity contribution in [3.05, 3.63) is 89.2 Å². The SMILES string of the molecule is Cc1cc(C)cc(NC(=O)c2c(N)n(/N=C/c3ccccn3)c3nc4ccccc4nc23)c1. The van der Waals surface area contributed by atoms with Gasteiger partial charge in [-0.25, -0.2) is 9.97 Å². The predicted molar refractivity (Wildman–Crippen MR) is 131 cm³/mol. The lowest BCUT2D eigenvalue weighted by Crippen LogP contribution is -2.14. The molecule has 0 unspecified atom stereocenters. The van der Waals surface area contributed by atoms with E-state index in [-0.39, 0.29) is 17.3 Å². The van der Waals surface area contributed by atoms with Crippen LogP contribution in [0.3, 0.4) is 0 Å². The van der Waals surface area contributed by atoms with Crippen molar-refractivity contribution in [2.45, 2.75) is 13.8 Å². The molecule has 0 atom stereocenters. The number of rotatable bonds is 4. The third kappa shape index (κ3) is 3.89. The lowest BCUT2D eigenvalue weighted by Gasteiger charge is -2.07. The summed E-state index contributed by atoms with van der Waals surface area (Å²) in [6.45, 7) is 3.96. The number of nitrogen functional groups attached to an aromatic ring is 1. The van der Waals surface area contributed by atoms with E-state index in [2.05, 4.69) is 15.4 Å². The van der Waals surface area contributed by atoms with Gasteiger partial charge in [-0.05, 0) is 61.4 Å². The summed E-state index contributed by atoms with van der Waals surface area (Å²) in [4.78, 5) is 27.0. The second-order valence-electron chi connectivity index (χ2n) is 7.79. The maximum absolute atomic E-state index is 13.4. The number of aryl methyl sites for hydroxylation is 2. The molecule has 0 spiro atoms. The molecule has 0 saturated heterocycles. The first-order valence-electron chi connectivity index (χ1n) is 10.4. The highest BCUT2D eigenvalue weighted by Crippen LogP contribution is 2.29. The Morgan fingerprint density at radius 2 is 1.70 bits per heavy atom. The molecule has 33 heavy (non-hydrogen) atoms. The zero-order valence-electron chi connectivity index (χ0n) is 18.1. The zero-order valence-corrected chi connectivity index (χ0v) is 18.1. The number of nitrogens with two attached hydrogens (primary N) is 1. The van der Waals surface area contributed by atoms with Gasteiger partial charge < -0.3 is 11.1 Å². The minimum atomic E-state index is -0.376. The Labute approximate surface area is 189 Å². The van der Waals surface area contributed by atoms with Crippen LogP contribution in [0, 0.1) is 13.8 Å². The molecule has 3 N–H and O–H groups in total. The number of benzene rings is 2. The number of carbonyl (C=O) groups excluding carboxylic acids is 1. The smallest absolute Gasteiger partial charge is 0.261 e. The van der Waals surface area contributed by atoms with Crippen LogP contribution in [-0.4, -0.2) is 31.7 Å². The largest absolute Gasteiger partial charge is 0.383 e. The number of nitrogens with one attached hydrogen (secondary N) is 1. The molecule has 0 aliphatic carbocycles. The summed E-state index contributed by atoms with van der Waals surface area (Å²) in [6.07, 6.45) is 3.24. The minimum Gasteiger partial charge on any atom is -0.383 e. The Balaban J connectivity index is 1.67. The first-order valence-corrected chi connectivity index (χ1v) is 10.4. The first kappa shape index (κ1) is 20.3. The first-order chi connectivity index (χ1) is 16.0. The molecule has 0 bridgehead atoms. The monoisotopic (exact) mass is 435 g/mol. The van der Waals surface area contributed by atoms with E-state index in [4.69, 9.17) is 15.7 Å². The number of nitrogens with zero attached hydrogens (tertiary/aromatic N) is 5. The second-order valence-corrected chi connectivity index (χ2v) is 7.79. The van der Waals surface area contributed by atoms with E-state index >= 15 is 0 Å². The van der Waals surface area contributed by atoms with Crippen LogP contribution in [0.25, 0.3) is 22.2 Å². The van der Waals surface area contributed by atoms with Crippen molar-refractivity contribution in [2.75, 3.05) is 11.1 Å². The van der Waals surface area contributed by atoms with E-state index in [0.717, 1.165) is 11.1 Å². The number of aromatic nitrogens is 4. The van der Waals surface area contributed by atoms with Crippen molar-refractivity contribution < 1.29 is 4.79 Å². The van der Waals surface area contributed by atoms with E-state index in [1.165, 1.54) is 4.68 Å². The van der Waals surface area contributed by atoms with Crippen LogP contribution < -0.4 is 11.1 Å². The molecule has 0 aliphatic rings. The van der Waals surface area contributed by atoms with Crippen LogP contribution in [-0.2, 0) is 0 Å². The summed E-state index contributed by atoms with van der Waals surface area (Å²) in [7, 11) is 0. The van der Waals surface area contributed by atoms with Crippen molar-refractivity contribution in [1.29, 1.82) is 0 Å². The molecule has 2 aromatic carbocycles. The number of anilines is 2. The van der Waals surface area contributed by atoms with E-state index < -0.39 is 0 Å². The van der Waals surface area contributed by atoms with Gasteiger partial charge in [0.25, 0.3) is 5.91 Å². The second kappa shape index (κ2) is 8.16. The van der Waals surface area contributed by atoms with E-state index in [1.807, 2.05) is 74.5 Å². The molecule has 5 aromatic rings. The van der Waals surface area contributed by atoms with Crippen molar-refractivity contribution in [1.82, 2.24) is 19.6 Å². The molecule has 3 heterocycles. The van der Waals surface area contributed by atoms with Gasteiger partial charge in [-0.15, -0.1) is 0 Å². The van der Waals surface area contributed by atoms with Gasteiger partial charge in [-0.3, -0.25) is 9.78 Å². The fraction of sp³-hybridized carbons (Fsp3) is 0.0800. The van der Waals surface area contributed by atoms with Crippen LogP contribution >= 0.6 is 0 Å². The number of pyridine rings is 1. The molecule has 8 nitrogen and oxygen atoms in total. The van der Waals surface area contributed by atoms with Gasteiger partial charge in [0.1, 0.15) is 16.9 Å². The van der Waals surface area contributed by atoms with Gasteiger partial charge in [0.2, 0.25) is 0 Å². The fourth-order valence-corrected chi connectivity index (χ4v) is 3.80. The molecular weight excluding hydrogens is 414 g/mol. The molecular formula is C25H21N7O. The number of carbonyl (C=O) groups is 1. The summed E-state index contributed by atoms with van der Waals surface area (Å²) in [6, 6.07) is 18.8. The normalized spacial score (nSPS) is 11.5. The summed E-state index contributed by atoms with van der Waals surface area (Å²) in [5.74, 6) is -0.228. The van der Waals surface area contributed by atoms with Crippen molar-refractivity contribution in [2.24, 2.45) is 5.10 Å². The summed E-state index contributed by atoms with van der Waals surface area (Å²) >= 11 is 0. The molecule has 0 fully saturated rings. The molecule has 3 aromatic heterocycles. The average Bonchev–Trinajstić information content (AvgIpc) is 3.06. The van der Waals surface area contributed by atoms with Crippen molar-refractivity contribution in [3.63, 3.8) is 0 Å². The van der Waals surface area contributed by atoms with Gasteiger partial charge in [0.05, 0.1) is 22.9 Å². The maximum Gasteiger partial charge on any atom is 0.261 e. The predicted octanol–water partition coefficient (Wildman–Crippen LogP) is 4.31. The van der Waals surface area contributed by atoms with Gasteiger partial charge >= 0.3 is 0 Å². The van der Waals surface area contributed by atoms with E-state index in [0.29, 0.717) is 33.6 Å². The van der Waals surface area contributed by atoms with Crippen LogP contribution in [0.5, 0.6) is 0 Å². The van der Waals surface area contributed by atoms with Gasteiger partial charge in [0, 0.05) is 11.9 Å². The van der Waals surface area contributed by atoms with Crippen molar-refractivity contribution >= 4 is 45.8 Å². The van der Waals surface area contributed by atoms with Crippen LogP contribution in [0.4, 0.5) is 11.5 Å². The average molecular weight is 435 g/mol. The third-order valence-corrected chi connectivity index (χ3v) is 5.17. The lowest BCUT2D eigenvalue weighted by atomic mass is 10.1. The zero-order chi connectivity index (χ0) is 22.9. The Morgan fingerprint density at radius 3 is 2.39 bits per heavy atom. The highest BCUT2D eigenvalue weighted by atomic mass is 16.1. The highest BCUT2D eigenvalue weighted by Gasteiger charge is 2.24. The Bertz CT molecular complexity index is 1520. The number of fused-ring (bicyclic) bond motifs is 2. The quantitative estimate of drug-likeness (QED) is 0.409. The molecule has 5 rings (SSSR count).